The van der Waals surface area contributed by atoms with Gasteiger partial charge in [-0.15, -0.1) is 0 Å². The first-order valence-electron chi connectivity index (χ1n) is 4.69. The van der Waals surface area contributed by atoms with Gasteiger partial charge >= 0.3 is 5.97 Å². The second-order valence-corrected chi connectivity index (χ2v) is 6.31. The normalized spacial score (nSPS) is 16.3. The van der Waals surface area contributed by atoms with Gasteiger partial charge in [0.15, 0.2) is 15.1 Å². The quantitative estimate of drug-likeness (QED) is 0.730. The molecule has 2 unspecified atom stereocenters. The van der Waals surface area contributed by atoms with Crippen molar-refractivity contribution >= 4 is 15.8 Å². The Hall–Kier alpha value is -0.620. The summed E-state index contributed by atoms with van der Waals surface area (Å²) >= 11 is 0. The molecule has 0 bridgehead atoms. The number of hydrogen-bond donors (Lipinski definition) is 1. The summed E-state index contributed by atoms with van der Waals surface area (Å²) in [6.07, 6.45) is 0. The molecule has 0 saturated heterocycles. The molecule has 0 aromatic rings. The molecule has 15 heavy (non-hydrogen) atoms. The molecular weight excluding hydrogens is 220 g/mol. The van der Waals surface area contributed by atoms with E-state index in [9.17, 15) is 13.2 Å². The molecule has 0 saturated carbocycles. The molecule has 0 fully saturated rings. The van der Waals surface area contributed by atoms with Crippen molar-refractivity contribution in [2.24, 2.45) is 5.92 Å². The lowest BCUT2D eigenvalue weighted by Gasteiger charge is -2.20. The minimum Gasteiger partial charge on any atom is -0.480 e. The predicted molar refractivity (Wildman–Crippen MR) is 56.5 cm³/mol. The average molecular weight is 238 g/mol. The number of carboxylic acid groups (broad SMARTS) is 1. The first kappa shape index (κ1) is 14.4. The number of sulfone groups is 1. The summed E-state index contributed by atoms with van der Waals surface area (Å²) in [4.78, 5) is 10.8. The maximum Gasteiger partial charge on any atom is 0.324 e. The van der Waals surface area contributed by atoms with Crippen molar-refractivity contribution in [1.82, 2.24) is 0 Å². The minimum atomic E-state index is -3.69. The molecule has 2 atom stereocenters. The molecule has 0 aromatic carbocycles. The highest BCUT2D eigenvalue weighted by molar-refractivity contribution is 7.93. The molecule has 0 aliphatic rings. The Bertz CT molecular complexity index is 306. The van der Waals surface area contributed by atoms with Crippen molar-refractivity contribution in [3.05, 3.63) is 0 Å². The van der Waals surface area contributed by atoms with Crippen molar-refractivity contribution < 1.29 is 23.1 Å². The van der Waals surface area contributed by atoms with Gasteiger partial charge in [-0.2, -0.15) is 0 Å². The molecule has 6 heteroatoms. The van der Waals surface area contributed by atoms with Crippen LogP contribution >= 0.6 is 0 Å². The van der Waals surface area contributed by atoms with Crippen molar-refractivity contribution in [3.8, 4) is 0 Å². The fourth-order valence-electron chi connectivity index (χ4n) is 1.10. The molecule has 90 valence electrons. The number of methoxy groups -OCH3 is 1. The lowest BCUT2D eigenvalue weighted by atomic mass is 10.2. The highest BCUT2D eigenvalue weighted by atomic mass is 32.2. The smallest absolute Gasteiger partial charge is 0.324 e. The van der Waals surface area contributed by atoms with Gasteiger partial charge in [-0.05, 0) is 12.8 Å². The van der Waals surface area contributed by atoms with Crippen LogP contribution in [-0.2, 0) is 19.4 Å². The van der Waals surface area contributed by atoms with Crippen LogP contribution < -0.4 is 0 Å². The number of hydrogen-bond acceptors (Lipinski definition) is 4. The van der Waals surface area contributed by atoms with Gasteiger partial charge < -0.3 is 9.84 Å². The summed E-state index contributed by atoms with van der Waals surface area (Å²) in [5.74, 6) is -1.47. The van der Waals surface area contributed by atoms with Gasteiger partial charge in [0.2, 0.25) is 0 Å². The van der Waals surface area contributed by atoms with Gasteiger partial charge in [0, 0.05) is 7.11 Å². The maximum atomic E-state index is 11.8. The predicted octanol–water partition coefficient (Wildman–Crippen LogP) is 0.545. The summed E-state index contributed by atoms with van der Waals surface area (Å²) in [7, 11) is -2.40. The SMILES string of the molecule is COCC(C(=O)O)S(=O)(=O)C(C)C(C)C. The van der Waals surface area contributed by atoms with Crippen molar-refractivity contribution in [2.75, 3.05) is 13.7 Å². The second-order valence-electron chi connectivity index (χ2n) is 3.82. The monoisotopic (exact) mass is 238 g/mol. The molecule has 0 rings (SSSR count). The van der Waals surface area contributed by atoms with Gasteiger partial charge in [0.05, 0.1) is 11.9 Å². The van der Waals surface area contributed by atoms with Crippen LogP contribution in [0.1, 0.15) is 20.8 Å². The van der Waals surface area contributed by atoms with Gasteiger partial charge in [0.25, 0.3) is 0 Å². The van der Waals surface area contributed by atoms with Crippen molar-refractivity contribution in [3.63, 3.8) is 0 Å². The van der Waals surface area contributed by atoms with E-state index in [4.69, 9.17) is 5.11 Å². The van der Waals surface area contributed by atoms with E-state index in [1.165, 1.54) is 14.0 Å². The molecule has 0 spiro atoms. The molecule has 0 aromatic heterocycles. The molecule has 0 aliphatic carbocycles. The van der Waals surface area contributed by atoms with Crippen LogP contribution in [0.5, 0.6) is 0 Å². The fourth-order valence-corrected chi connectivity index (χ4v) is 2.98. The molecular formula is C9H18O5S. The number of aliphatic carboxylic acids is 1. The van der Waals surface area contributed by atoms with Crippen LogP contribution in [0.15, 0.2) is 0 Å². The van der Waals surface area contributed by atoms with Crippen LogP contribution in [-0.4, -0.2) is 43.7 Å². The average Bonchev–Trinajstić information content (AvgIpc) is 2.11. The maximum absolute atomic E-state index is 11.8. The molecule has 0 radical (unpaired) electrons. The van der Waals surface area contributed by atoms with E-state index in [-0.39, 0.29) is 12.5 Å². The summed E-state index contributed by atoms with van der Waals surface area (Å²) in [6, 6.07) is 0. The molecule has 0 heterocycles. The van der Waals surface area contributed by atoms with Crippen molar-refractivity contribution in [1.29, 1.82) is 0 Å². The Morgan fingerprint density at radius 1 is 1.33 bits per heavy atom. The van der Waals surface area contributed by atoms with Gasteiger partial charge in [-0.1, -0.05) is 13.8 Å². The summed E-state index contributed by atoms with van der Waals surface area (Å²) in [6.45, 7) is 4.70. The highest BCUT2D eigenvalue weighted by Gasteiger charge is 2.37. The first-order valence-corrected chi connectivity index (χ1v) is 6.30. The van der Waals surface area contributed by atoms with Crippen LogP contribution in [0, 0.1) is 5.92 Å². The summed E-state index contributed by atoms with van der Waals surface area (Å²) in [5.41, 5.74) is 0. The molecule has 0 amide bonds. The summed E-state index contributed by atoms with van der Waals surface area (Å²) in [5, 5.41) is 6.65. The van der Waals surface area contributed by atoms with Crippen LogP contribution in [0.2, 0.25) is 0 Å². The largest absolute Gasteiger partial charge is 0.480 e. The van der Waals surface area contributed by atoms with E-state index in [1.54, 1.807) is 13.8 Å². The lowest BCUT2D eigenvalue weighted by Crippen LogP contribution is -2.41. The van der Waals surface area contributed by atoms with Crippen LogP contribution in [0.25, 0.3) is 0 Å². The van der Waals surface area contributed by atoms with Crippen LogP contribution in [0.4, 0.5) is 0 Å². The van der Waals surface area contributed by atoms with E-state index >= 15 is 0 Å². The Labute approximate surface area is 90.4 Å². The van der Waals surface area contributed by atoms with Crippen molar-refractivity contribution in [2.45, 2.75) is 31.3 Å². The Morgan fingerprint density at radius 2 is 1.80 bits per heavy atom. The zero-order valence-corrected chi connectivity index (χ0v) is 10.2. The third-order valence-corrected chi connectivity index (χ3v) is 5.16. The van der Waals surface area contributed by atoms with E-state index < -0.39 is 26.3 Å². The van der Waals surface area contributed by atoms with E-state index in [0.717, 1.165) is 0 Å². The second kappa shape index (κ2) is 5.46. The third kappa shape index (κ3) is 3.46. The Kier molecular flexibility index (Phi) is 5.23. The fraction of sp³-hybridized carbons (Fsp3) is 0.889. The summed E-state index contributed by atoms with van der Waals surface area (Å²) < 4.78 is 28.3. The molecule has 0 aliphatic heterocycles. The zero-order valence-electron chi connectivity index (χ0n) is 9.43. The number of carboxylic acids is 1. The van der Waals surface area contributed by atoms with Crippen LogP contribution in [0.3, 0.4) is 0 Å². The van der Waals surface area contributed by atoms with Gasteiger partial charge in [-0.25, -0.2) is 8.42 Å². The Balaban J connectivity index is 5.04. The Morgan fingerprint density at radius 3 is 2.07 bits per heavy atom. The topological polar surface area (TPSA) is 80.7 Å². The zero-order chi connectivity index (χ0) is 12.2. The number of carbonyl (C=O) groups is 1. The highest BCUT2D eigenvalue weighted by Crippen LogP contribution is 2.17. The molecule has 1 N–H and O–H groups in total. The third-order valence-electron chi connectivity index (χ3n) is 2.45. The van der Waals surface area contributed by atoms with Gasteiger partial charge in [-0.3, -0.25) is 4.79 Å². The number of ether oxygens (including phenoxy) is 1. The van der Waals surface area contributed by atoms with E-state index in [0.29, 0.717) is 0 Å². The first-order chi connectivity index (χ1) is 6.75. The standard InChI is InChI=1S/C9H18O5S/c1-6(2)7(3)15(12,13)8(5-14-4)9(10)11/h6-8H,5H2,1-4H3,(H,10,11). The molecule has 5 nitrogen and oxygen atoms in total. The number of rotatable bonds is 6. The van der Waals surface area contributed by atoms with Gasteiger partial charge in [0.1, 0.15) is 0 Å². The van der Waals surface area contributed by atoms with E-state index in [1.807, 2.05) is 0 Å². The lowest BCUT2D eigenvalue weighted by molar-refractivity contribution is -0.137. The van der Waals surface area contributed by atoms with E-state index in [2.05, 4.69) is 4.74 Å². The minimum absolute atomic E-state index is 0.117.